The van der Waals surface area contributed by atoms with E-state index in [2.05, 4.69) is 19.4 Å². The normalized spacial score (nSPS) is 16.3. The van der Waals surface area contributed by atoms with Crippen molar-refractivity contribution in [2.45, 2.75) is 18.9 Å². The molecule has 3 heterocycles. The molecule has 0 bridgehead atoms. The SMILES string of the molecule is O=[N+]([O-])c1ccc(N2CCC(n3ccnc3)CC2)nc1. The van der Waals surface area contributed by atoms with E-state index in [0.29, 0.717) is 6.04 Å². The Morgan fingerprint density at radius 1 is 1.30 bits per heavy atom. The maximum Gasteiger partial charge on any atom is 0.287 e. The van der Waals surface area contributed by atoms with Gasteiger partial charge in [0.05, 0.1) is 11.3 Å². The summed E-state index contributed by atoms with van der Waals surface area (Å²) in [5.41, 5.74) is 0.0297. The van der Waals surface area contributed by atoms with Crippen molar-refractivity contribution >= 4 is 11.5 Å². The highest BCUT2D eigenvalue weighted by atomic mass is 16.6. The van der Waals surface area contributed by atoms with Crippen LogP contribution in [0, 0.1) is 10.1 Å². The molecule has 3 rings (SSSR count). The lowest BCUT2D eigenvalue weighted by atomic mass is 10.1. The molecule has 0 aliphatic carbocycles. The number of hydrogen-bond donors (Lipinski definition) is 0. The molecule has 1 fully saturated rings. The Balaban J connectivity index is 1.64. The monoisotopic (exact) mass is 273 g/mol. The standard InChI is InChI=1S/C13H15N5O2/c19-18(20)12-1-2-13(15-9-12)16-6-3-11(4-7-16)17-8-5-14-10-17/h1-2,5,8-11H,3-4,6-7H2. The van der Waals surface area contributed by atoms with E-state index in [1.54, 1.807) is 12.3 Å². The first kappa shape index (κ1) is 12.6. The Labute approximate surface area is 116 Å². The Kier molecular flexibility index (Phi) is 3.32. The van der Waals surface area contributed by atoms with Gasteiger partial charge in [-0.3, -0.25) is 10.1 Å². The summed E-state index contributed by atoms with van der Waals surface area (Å²) < 4.78 is 2.14. The van der Waals surface area contributed by atoms with E-state index in [4.69, 9.17) is 0 Å². The predicted octanol–water partition coefficient (Wildman–Crippen LogP) is 2.03. The molecular formula is C13H15N5O2. The molecule has 0 aromatic carbocycles. The largest absolute Gasteiger partial charge is 0.356 e. The fraction of sp³-hybridized carbons (Fsp3) is 0.385. The smallest absolute Gasteiger partial charge is 0.287 e. The van der Waals surface area contributed by atoms with Crippen LogP contribution in [0.1, 0.15) is 18.9 Å². The quantitative estimate of drug-likeness (QED) is 0.631. The minimum atomic E-state index is -0.429. The van der Waals surface area contributed by atoms with E-state index in [1.807, 2.05) is 12.5 Å². The third-order valence-electron chi connectivity index (χ3n) is 3.68. The summed E-state index contributed by atoms with van der Waals surface area (Å²) in [6, 6.07) is 3.70. The first-order chi connectivity index (χ1) is 9.74. The second-order valence-electron chi connectivity index (χ2n) is 4.86. The van der Waals surface area contributed by atoms with Crippen molar-refractivity contribution in [1.29, 1.82) is 0 Å². The van der Waals surface area contributed by atoms with Crippen LogP contribution in [0.25, 0.3) is 0 Å². The Hall–Kier alpha value is -2.44. The Morgan fingerprint density at radius 2 is 2.10 bits per heavy atom. The van der Waals surface area contributed by atoms with Crippen LogP contribution in [0.3, 0.4) is 0 Å². The maximum absolute atomic E-state index is 10.6. The van der Waals surface area contributed by atoms with Crippen molar-refractivity contribution in [3.8, 4) is 0 Å². The number of nitrogens with zero attached hydrogens (tertiary/aromatic N) is 5. The summed E-state index contributed by atoms with van der Waals surface area (Å²) in [6.45, 7) is 1.79. The maximum atomic E-state index is 10.6. The first-order valence-corrected chi connectivity index (χ1v) is 6.57. The number of anilines is 1. The van der Waals surface area contributed by atoms with Gasteiger partial charge in [0.1, 0.15) is 12.0 Å². The number of rotatable bonds is 3. The first-order valence-electron chi connectivity index (χ1n) is 6.57. The summed E-state index contributed by atoms with van der Waals surface area (Å²) in [4.78, 5) is 20.6. The Morgan fingerprint density at radius 3 is 2.65 bits per heavy atom. The van der Waals surface area contributed by atoms with Gasteiger partial charge in [-0.25, -0.2) is 9.97 Å². The van der Waals surface area contributed by atoms with Crippen LogP contribution in [-0.2, 0) is 0 Å². The molecule has 0 atom stereocenters. The summed E-state index contributed by atoms with van der Waals surface area (Å²) in [5, 5.41) is 10.6. The fourth-order valence-corrected chi connectivity index (χ4v) is 2.55. The third-order valence-corrected chi connectivity index (χ3v) is 3.68. The van der Waals surface area contributed by atoms with Crippen molar-refractivity contribution in [2.24, 2.45) is 0 Å². The van der Waals surface area contributed by atoms with Gasteiger partial charge in [0.15, 0.2) is 0 Å². The van der Waals surface area contributed by atoms with Crippen molar-refractivity contribution in [2.75, 3.05) is 18.0 Å². The van der Waals surface area contributed by atoms with Crippen LogP contribution >= 0.6 is 0 Å². The van der Waals surface area contributed by atoms with Crippen LogP contribution in [0.2, 0.25) is 0 Å². The summed E-state index contributed by atoms with van der Waals surface area (Å²) in [5.74, 6) is 0.805. The van der Waals surface area contributed by atoms with Crippen LogP contribution in [-0.4, -0.2) is 32.5 Å². The topological polar surface area (TPSA) is 77.1 Å². The minimum Gasteiger partial charge on any atom is -0.356 e. The van der Waals surface area contributed by atoms with Crippen LogP contribution in [0.5, 0.6) is 0 Å². The van der Waals surface area contributed by atoms with Gasteiger partial charge in [-0.05, 0) is 18.9 Å². The number of nitro groups is 1. The molecule has 1 aliphatic heterocycles. The summed E-state index contributed by atoms with van der Waals surface area (Å²) in [7, 11) is 0. The van der Waals surface area contributed by atoms with E-state index in [0.717, 1.165) is 31.7 Å². The molecular weight excluding hydrogens is 258 g/mol. The summed E-state index contributed by atoms with van der Waals surface area (Å²) in [6.07, 6.45) is 9.00. The second kappa shape index (κ2) is 5.28. The van der Waals surface area contributed by atoms with E-state index < -0.39 is 4.92 Å². The van der Waals surface area contributed by atoms with Crippen LogP contribution < -0.4 is 4.90 Å². The van der Waals surface area contributed by atoms with E-state index in [-0.39, 0.29) is 5.69 Å². The van der Waals surface area contributed by atoms with Gasteiger partial charge in [-0.1, -0.05) is 0 Å². The highest BCUT2D eigenvalue weighted by Crippen LogP contribution is 2.25. The lowest BCUT2D eigenvalue weighted by molar-refractivity contribution is -0.385. The molecule has 2 aromatic rings. The number of aromatic nitrogens is 3. The lowest BCUT2D eigenvalue weighted by Crippen LogP contribution is -2.34. The zero-order valence-corrected chi connectivity index (χ0v) is 10.9. The molecule has 0 amide bonds. The van der Waals surface area contributed by atoms with Gasteiger partial charge < -0.3 is 9.47 Å². The fourth-order valence-electron chi connectivity index (χ4n) is 2.55. The molecule has 104 valence electrons. The summed E-state index contributed by atoms with van der Waals surface area (Å²) >= 11 is 0. The Bertz CT molecular complexity index is 573. The molecule has 7 nitrogen and oxygen atoms in total. The van der Waals surface area contributed by atoms with Crippen molar-refractivity contribution in [1.82, 2.24) is 14.5 Å². The van der Waals surface area contributed by atoms with Crippen LogP contribution in [0.15, 0.2) is 37.1 Å². The number of pyridine rings is 1. The van der Waals surface area contributed by atoms with E-state index in [9.17, 15) is 10.1 Å². The molecule has 0 N–H and O–H groups in total. The number of imidazole rings is 1. The number of piperidine rings is 1. The minimum absolute atomic E-state index is 0.0297. The van der Waals surface area contributed by atoms with Crippen molar-refractivity contribution in [3.05, 3.63) is 47.2 Å². The number of hydrogen-bond acceptors (Lipinski definition) is 5. The zero-order chi connectivity index (χ0) is 13.9. The average Bonchev–Trinajstić information content (AvgIpc) is 3.02. The third kappa shape index (κ3) is 2.47. The average molecular weight is 273 g/mol. The molecule has 1 saturated heterocycles. The molecule has 7 heteroatoms. The lowest BCUT2D eigenvalue weighted by Gasteiger charge is -2.33. The zero-order valence-electron chi connectivity index (χ0n) is 10.9. The molecule has 2 aromatic heterocycles. The van der Waals surface area contributed by atoms with Gasteiger partial charge in [-0.15, -0.1) is 0 Å². The van der Waals surface area contributed by atoms with Crippen molar-refractivity contribution in [3.63, 3.8) is 0 Å². The highest BCUT2D eigenvalue weighted by Gasteiger charge is 2.21. The van der Waals surface area contributed by atoms with Crippen molar-refractivity contribution < 1.29 is 4.92 Å². The molecule has 0 spiro atoms. The second-order valence-corrected chi connectivity index (χ2v) is 4.86. The van der Waals surface area contributed by atoms with E-state index in [1.165, 1.54) is 12.3 Å². The molecule has 0 radical (unpaired) electrons. The van der Waals surface area contributed by atoms with Gasteiger partial charge in [0.2, 0.25) is 0 Å². The molecule has 1 aliphatic rings. The highest BCUT2D eigenvalue weighted by molar-refractivity contribution is 5.43. The van der Waals surface area contributed by atoms with Crippen LogP contribution in [0.4, 0.5) is 11.5 Å². The predicted molar refractivity (Wildman–Crippen MR) is 73.6 cm³/mol. The molecule has 20 heavy (non-hydrogen) atoms. The van der Waals surface area contributed by atoms with Gasteiger partial charge in [0, 0.05) is 37.6 Å². The van der Waals surface area contributed by atoms with E-state index >= 15 is 0 Å². The van der Waals surface area contributed by atoms with Gasteiger partial charge in [0.25, 0.3) is 5.69 Å². The molecule has 0 unspecified atom stereocenters. The molecule has 0 saturated carbocycles. The van der Waals surface area contributed by atoms with Gasteiger partial charge in [-0.2, -0.15) is 0 Å². The van der Waals surface area contributed by atoms with Gasteiger partial charge >= 0.3 is 0 Å².